The molecular weight excluding hydrogens is 440 g/mol. The Bertz CT molecular complexity index is 1050. The van der Waals surface area contributed by atoms with E-state index in [0.717, 1.165) is 42.6 Å². The Morgan fingerprint density at radius 3 is 2.34 bits per heavy atom. The maximum Gasteiger partial charge on any atom is 0.410 e. The molecule has 1 saturated carbocycles. The summed E-state index contributed by atoms with van der Waals surface area (Å²) in [5, 5.41) is 8.00. The van der Waals surface area contributed by atoms with Gasteiger partial charge >= 0.3 is 6.09 Å². The summed E-state index contributed by atoms with van der Waals surface area (Å²) < 4.78 is 7.53. The third kappa shape index (κ3) is 6.06. The minimum absolute atomic E-state index is 0.0301. The number of rotatable bonds is 4. The van der Waals surface area contributed by atoms with Gasteiger partial charge in [-0.2, -0.15) is 5.10 Å². The van der Waals surface area contributed by atoms with Crippen LogP contribution in [0.3, 0.4) is 0 Å². The average molecular weight is 481 g/mol. The number of aromatic nitrogens is 2. The largest absolute Gasteiger partial charge is 0.444 e. The van der Waals surface area contributed by atoms with Crippen molar-refractivity contribution in [3.63, 3.8) is 0 Å². The number of aryl methyl sites for hydroxylation is 2. The minimum Gasteiger partial charge on any atom is -0.444 e. The smallest absolute Gasteiger partial charge is 0.410 e. The fourth-order valence-electron chi connectivity index (χ4n) is 5.33. The van der Waals surface area contributed by atoms with E-state index in [1.54, 1.807) is 11.1 Å². The average Bonchev–Trinajstić information content (AvgIpc) is 3.24. The molecule has 7 heteroatoms. The first-order valence-electron chi connectivity index (χ1n) is 13.1. The molecule has 2 aliphatic rings. The molecule has 1 N–H and O–H groups in total. The monoisotopic (exact) mass is 480 g/mol. The Hall–Kier alpha value is -2.83. The van der Waals surface area contributed by atoms with Crippen molar-refractivity contribution in [3.05, 3.63) is 46.8 Å². The van der Waals surface area contributed by atoms with Gasteiger partial charge in [0.1, 0.15) is 5.60 Å². The SMILES string of the molecule is Cc1ccc(-n2ncc(C(=O)NC3CCCCC3)c2C2CCN(C(=O)OC(C)(C)C)CC2)c(C)c1. The summed E-state index contributed by atoms with van der Waals surface area (Å²) in [6.45, 7) is 11.0. The molecule has 0 bridgehead atoms. The lowest BCUT2D eigenvalue weighted by atomic mass is 9.90. The summed E-state index contributed by atoms with van der Waals surface area (Å²) in [4.78, 5) is 27.8. The summed E-state index contributed by atoms with van der Waals surface area (Å²) in [7, 11) is 0. The van der Waals surface area contributed by atoms with Crippen LogP contribution in [0, 0.1) is 13.8 Å². The number of benzene rings is 1. The number of nitrogens with zero attached hydrogens (tertiary/aromatic N) is 3. The summed E-state index contributed by atoms with van der Waals surface area (Å²) >= 11 is 0. The summed E-state index contributed by atoms with van der Waals surface area (Å²) in [6, 6.07) is 6.55. The molecule has 0 unspecified atom stereocenters. The van der Waals surface area contributed by atoms with Gasteiger partial charge in [0, 0.05) is 25.0 Å². The normalized spacial score (nSPS) is 17.9. The molecule has 0 spiro atoms. The second-order valence-electron chi connectivity index (χ2n) is 11.2. The number of amides is 2. The van der Waals surface area contributed by atoms with Crippen LogP contribution in [0.1, 0.15) is 98.8 Å². The van der Waals surface area contributed by atoms with Gasteiger partial charge in [-0.15, -0.1) is 0 Å². The second kappa shape index (κ2) is 10.4. The van der Waals surface area contributed by atoms with Crippen molar-refractivity contribution in [2.75, 3.05) is 13.1 Å². The van der Waals surface area contributed by atoms with Gasteiger partial charge in [-0.3, -0.25) is 4.79 Å². The first kappa shape index (κ1) is 25.3. The molecule has 7 nitrogen and oxygen atoms in total. The molecule has 1 aliphatic heterocycles. The van der Waals surface area contributed by atoms with Crippen LogP contribution < -0.4 is 5.32 Å². The third-order valence-electron chi connectivity index (χ3n) is 7.11. The zero-order chi connectivity index (χ0) is 25.2. The number of nitrogens with one attached hydrogen (secondary N) is 1. The molecule has 2 heterocycles. The van der Waals surface area contributed by atoms with Gasteiger partial charge in [0.25, 0.3) is 5.91 Å². The third-order valence-corrected chi connectivity index (χ3v) is 7.11. The fraction of sp³-hybridized carbons (Fsp3) is 0.607. The number of carbonyl (C=O) groups is 2. The molecule has 35 heavy (non-hydrogen) atoms. The molecule has 0 atom stereocenters. The maximum atomic E-state index is 13.4. The number of carbonyl (C=O) groups excluding carboxylic acids is 2. The van der Waals surface area contributed by atoms with E-state index >= 15 is 0 Å². The number of hydrogen-bond donors (Lipinski definition) is 1. The molecule has 2 amide bonds. The molecule has 2 aromatic rings. The highest BCUT2D eigenvalue weighted by atomic mass is 16.6. The predicted octanol–water partition coefficient (Wildman–Crippen LogP) is 5.67. The Morgan fingerprint density at radius 1 is 1.03 bits per heavy atom. The van der Waals surface area contributed by atoms with E-state index in [0.29, 0.717) is 18.7 Å². The van der Waals surface area contributed by atoms with Crippen molar-refractivity contribution in [1.82, 2.24) is 20.0 Å². The van der Waals surface area contributed by atoms with Crippen LogP contribution in [0.15, 0.2) is 24.4 Å². The van der Waals surface area contributed by atoms with Crippen LogP contribution in [0.5, 0.6) is 0 Å². The van der Waals surface area contributed by atoms with E-state index < -0.39 is 5.60 Å². The van der Waals surface area contributed by atoms with E-state index in [9.17, 15) is 9.59 Å². The van der Waals surface area contributed by atoms with Crippen LogP contribution in [0.4, 0.5) is 4.79 Å². The van der Waals surface area contributed by atoms with Crippen LogP contribution in [0.2, 0.25) is 0 Å². The van der Waals surface area contributed by atoms with E-state index in [-0.39, 0.29) is 24.0 Å². The lowest BCUT2D eigenvalue weighted by molar-refractivity contribution is 0.0203. The van der Waals surface area contributed by atoms with E-state index in [2.05, 4.69) is 37.4 Å². The second-order valence-corrected chi connectivity index (χ2v) is 11.2. The summed E-state index contributed by atoms with van der Waals surface area (Å²) in [6.07, 6.45) is 8.66. The molecule has 0 radical (unpaired) electrons. The van der Waals surface area contributed by atoms with Gasteiger partial charge in [-0.25, -0.2) is 9.48 Å². The van der Waals surface area contributed by atoms with Crippen LogP contribution in [-0.4, -0.2) is 51.4 Å². The van der Waals surface area contributed by atoms with Crippen LogP contribution in [-0.2, 0) is 4.74 Å². The molecule has 1 saturated heterocycles. The zero-order valence-corrected chi connectivity index (χ0v) is 21.9. The Kier molecular flexibility index (Phi) is 7.53. The molecule has 1 aromatic carbocycles. The van der Waals surface area contributed by atoms with Gasteiger partial charge in [0.2, 0.25) is 0 Å². The lowest BCUT2D eigenvalue weighted by Crippen LogP contribution is -2.42. The highest BCUT2D eigenvalue weighted by Crippen LogP contribution is 2.34. The van der Waals surface area contributed by atoms with Crippen LogP contribution >= 0.6 is 0 Å². The highest BCUT2D eigenvalue weighted by Gasteiger charge is 2.33. The quantitative estimate of drug-likeness (QED) is 0.612. The van der Waals surface area contributed by atoms with Crippen molar-refractivity contribution in [2.24, 2.45) is 0 Å². The van der Waals surface area contributed by atoms with Gasteiger partial charge in [0.05, 0.1) is 23.1 Å². The Labute approximate surface area is 209 Å². The molecule has 4 rings (SSSR count). The van der Waals surface area contributed by atoms with E-state index in [4.69, 9.17) is 9.84 Å². The van der Waals surface area contributed by atoms with Gasteiger partial charge in [0.15, 0.2) is 0 Å². The first-order valence-corrected chi connectivity index (χ1v) is 13.1. The van der Waals surface area contributed by atoms with Gasteiger partial charge in [-0.1, -0.05) is 37.0 Å². The number of hydrogen-bond acceptors (Lipinski definition) is 4. The van der Waals surface area contributed by atoms with Gasteiger partial charge in [-0.05, 0) is 71.9 Å². The predicted molar refractivity (Wildman–Crippen MR) is 137 cm³/mol. The van der Waals surface area contributed by atoms with Crippen molar-refractivity contribution < 1.29 is 14.3 Å². The Morgan fingerprint density at radius 2 is 1.71 bits per heavy atom. The zero-order valence-electron chi connectivity index (χ0n) is 21.9. The minimum atomic E-state index is -0.514. The van der Waals surface area contributed by atoms with Crippen molar-refractivity contribution in [3.8, 4) is 5.69 Å². The van der Waals surface area contributed by atoms with Gasteiger partial charge < -0.3 is 15.0 Å². The maximum absolute atomic E-state index is 13.4. The summed E-state index contributed by atoms with van der Waals surface area (Å²) in [5.41, 5.74) is 4.41. The number of piperidine rings is 1. The summed E-state index contributed by atoms with van der Waals surface area (Å²) in [5.74, 6) is 0.0986. The molecular formula is C28H40N4O3. The highest BCUT2D eigenvalue weighted by molar-refractivity contribution is 5.95. The fourth-order valence-corrected chi connectivity index (χ4v) is 5.33. The lowest BCUT2D eigenvalue weighted by Gasteiger charge is -2.34. The van der Waals surface area contributed by atoms with Crippen molar-refractivity contribution in [2.45, 2.75) is 97.1 Å². The van der Waals surface area contributed by atoms with Crippen molar-refractivity contribution in [1.29, 1.82) is 0 Å². The molecule has 1 aromatic heterocycles. The van der Waals surface area contributed by atoms with Crippen molar-refractivity contribution >= 4 is 12.0 Å². The number of likely N-dealkylation sites (tertiary alicyclic amines) is 1. The van der Waals surface area contributed by atoms with E-state index in [1.165, 1.54) is 24.8 Å². The number of ether oxygens (including phenoxy) is 1. The molecule has 190 valence electrons. The molecule has 1 aliphatic carbocycles. The standard InChI is InChI=1S/C28H40N4O3/c1-19-11-12-24(20(2)17-19)32-25(21-13-15-31(16-14-21)27(34)35-28(3,4)5)23(18-29-32)26(33)30-22-9-7-6-8-10-22/h11-12,17-18,21-22H,6-10,13-16H2,1-5H3,(H,30,33). The van der Waals surface area contributed by atoms with E-state index in [1.807, 2.05) is 25.5 Å². The Balaban J connectivity index is 1.60. The first-order chi connectivity index (χ1) is 16.6. The van der Waals surface area contributed by atoms with Crippen LogP contribution in [0.25, 0.3) is 5.69 Å². The molecule has 2 fully saturated rings. The topological polar surface area (TPSA) is 76.5 Å².